The van der Waals surface area contributed by atoms with E-state index in [-0.39, 0.29) is 42.6 Å². The molecule has 4 aromatic rings. The quantitative estimate of drug-likeness (QED) is 0.259. The summed E-state index contributed by atoms with van der Waals surface area (Å²) < 4.78 is 43.2. The maximum Gasteiger partial charge on any atom is 1.00 e. The van der Waals surface area contributed by atoms with E-state index in [9.17, 15) is 13.0 Å². The summed E-state index contributed by atoms with van der Waals surface area (Å²) in [4.78, 5) is 8.87. The van der Waals surface area contributed by atoms with E-state index in [0.717, 1.165) is 16.5 Å². The van der Waals surface area contributed by atoms with Crippen LogP contribution in [0.5, 0.6) is 5.75 Å². The minimum atomic E-state index is -4.22. The van der Waals surface area contributed by atoms with Crippen molar-refractivity contribution in [3.8, 4) is 17.2 Å². The van der Waals surface area contributed by atoms with Gasteiger partial charge in [0.05, 0.1) is 22.2 Å². The first kappa shape index (κ1) is 20.8. The number of hydrogen-bond acceptors (Lipinski definition) is 7. The zero-order chi connectivity index (χ0) is 18.9. The number of oxazole rings is 1. The second-order valence-electron chi connectivity index (χ2n) is 5.99. The van der Waals surface area contributed by atoms with Crippen LogP contribution in [0.4, 0.5) is 0 Å². The van der Waals surface area contributed by atoms with E-state index in [2.05, 4.69) is 9.97 Å². The van der Waals surface area contributed by atoms with E-state index < -0.39 is 15.9 Å². The second-order valence-corrected chi connectivity index (χ2v) is 7.51. The molecule has 138 valence electrons. The van der Waals surface area contributed by atoms with Gasteiger partial charge in [-0.15, -0.1) is 0 Å². The smallest absolute Gasteiger partial charge is 0.748 e. The molecule has 2 aromatic heterocycles. The Labute approximate surface area is 183 Å². The molecule has 0 bridgehead atoms. The molecule has 0 unspecified atom stereocenters. The van der Waals surface area contributed by atoms with E-state index in [0.29, 0.717) is 22.7 Å². The Balaban J connectivity index is 0.00000225. The van der Waals surface area contributed by atoms with Crippen LogP contribution in [0.2, 0.25) is 0 Å². The van der Waals surface area contributed by atoms with Gasteiger partial charge in [-0.1, -0.05) is 18.2 Å². The van der Waals surface area contributed by atoms with Gasteiger partial charge in [0.2, 0.25) is 5.89 Å². The number of aromatic nitrogens is 2. The summed E-state index contributed by atoms with van der Waals surface area (Å²) in [6, 6.07) is 14.8. The number of para-hydroxylation sites is 1. The topological polar surface area (TPSA) is 105 Å². The molecule has 9 heteroatoms. The third-order valence-electron chi connectivity index (χ3n) is 4.05. The number of pyridine rings is 1. The molecular weight excluding hydrogens is 391 g/mol. The maximum atomic E-state index is 10.6. The summed E-state index contributed by atoms with van der Waals surface area (Å²) in [6.07, 6.45) is 1.85. The van der Waals surface area contributed by atoms with Crippen LogP contribution < -0.4 is 34.3 Å². The molecule has 0 atom stereocenters. The first-order valence-corrected chi connectivity index (χ1v) is 9.88. The zero-order valence-corrected chi connectivity index (χ0v) is 18.0. The van der Waals surface area contributed by atoms with Gasteiger partial charge in [0.15, 0.2) is 5.58 Å². The fraction of sp³-hybridized carbons (Fsp3) is 0.158. The minimum absolute atomic E-state index is 0. The molecule has 28 heavy (non-hydrogen) atoms. The fourth-order valence-electron chi connectivity index (χ4n) is 2.82. The van der Waals surface area contributed by atoms with Crippen LogP contribution >= 0.6 is 0 Å². The van der Waals surface area contributed by atoms with E-state index in [1.807, 2.05) is 30.3 Å². The van der Waals surface area contributed by atoms with Gasteiger partial charge < -0.3 is 13.7 Å². The third-order valence-corrected chi connectivity index (χ3v) is 4.84. The molecule has 0 saturated heterocycles. The summed E-state index contributed by atoms with van der Waals surface area (Å²) in [7, 11) is -4.22. The van der Waals surface area contributed by atoms with Crippen molar-refractivity contribution < 1.29 is 51.7 Å². The SMILES string of the molecule is O=S(=O)([O-])CCCOc1ccc2nc(-c3ccnc4ccccc34)oc2c1.[Na+]. The molecule has 0 aliphatic heterocycles. The van der Waals surface area contributed by atoms with Gasteiger partial charge in [-0.05, 0) is 30.7 Å². The average molecular weight is 406 g/mol. The molecule has 0 aliphatic rings. The first-order chi connectivity index (χ1) is 13.0. The van der Waals surface area contributed by atoms with Crippen LogP contribution in [0.15, 0.2) is 59.1 Å². The molecule has 0 saturated carbocycles. The molecular formula is C19H15N2NaO5S. The summed E-state index contributed by atoms with van der Waals surface area (Å²) in [5, 5.41) is 0.946. The normalized spacial score (nSPS) is 11.5. The van der Waals surface area contributed by atoms with Crippen molar-refractivity contribution in [2.24, 2.45) is 0 Å². The van der Waals surface area contributed by atoms with Crippen molar-refractivity contribution in [2.75, 3.05) is 12.4 Å². The predicted molar refractivity (Wildman–Crippen MR) is 99.4 cm³/mol. The maximum absolute atomic E-state index is 10.6. The van der Waals surface area contributed by atoms with Crippen LogP contribution in [0.3, 0.4) is 0 Å². The Kier molecular flexibility index (Phi) is 6.36. The molecule has 0 N–H and O–H groups in total. The monoisotopic (exact) mass is 406 g/mol. The molecule has 0 aliphatic carbocycles. The minimum Gasteiger partial charge on any atom is -0.748 e. The van der Waals surface area contributed by atoms with Crippen molar-refractivity contribution in [1.29, 1.82) is 0 Å². The summed E-state index contributed by atoms with van der Waals surface area (Å²) in [5.74, 6) is 0.558. The summed E-state index contributed by atoms with van der Waals surface area (Å²) in [5.41, 5.74) is 2.94. The largest absolute Gasteiger partial charge is 1.00 e. The first-order valence-electron chi connectivity index (χ1n) is 8.31. The van der Waals surface area contributed by atoms with Gasteiger partial charge in [0.1, 0.15) is 11.3 Å². The molecule has 7 nitrogen and oxygen atoms in total. The standard InChI is InChI=1S/C19H16N2O5S.Na/c22-27(23,24)11-3-10-25-13-6-7-17-18(12-13)26-19(21-17)15-8-9-20-16-5-2-1-4-14(15)16;/h1-2,4-9,12H,3,10-11H2,(H,22,23,24);/q;+1/p-1. The van der Waals surface area contributed by atoms with Gasteiger partial charge >= 0.3 is 29.6 Å². The van der Waals surface area contributed by atoms with Crippen molar-refractivity contribution in [3.63, 3.8) is 0 Å². The summed E-state index contributed by atoms with van der Waals surface area (Å²) >= 11 is 0. The Morgan fingerprint density at radius 3 is 2.71 bits per heavy atom. The summed E-state index contributed by atoms with van der Waals surface area (Å²) in [6.45, 7) is 0.128. The fourth-order valence-corrected chi connectivity index (χ4v) is 3.29. The number of benzene rings is 2. The Morgan fingerprint density at radius 1 is 1.07 bits per heavy atom. The number of fused-ring (bicyclic) bond motifs is 2. The molecule has 2 heterocycles. The number of ether oxygens (including phenoxy) is 1. The predicted octanol–water partition coefficient (Wildman–Crippen LogP) is 0.361. The van der Waals surface area contributed by atoms with Crippen molar-refractivity contribution >= 4 is 32.1 Å². The van der Waals surface area contributed by atoms with Gasteiger partial charge in [-0.3, -0.25) is 4.98 Å². The Morgan fingerprint density at radius 2 is 1.89 bits per heavy atom. The van der Waals surface area contributed by atoms with Crippen LogP contribution in [0.1, 0.15) is 6.42 Å². The van der Waals surface area contributed by atoms with E-state index >= 15 is 0 Å². The zero-order valence-electron chi connectivity index (χ0n) is 15.2. The third kappa shape index (κ3) is 4.71. The molecule has 4 rings (SSSR count). The van der Waals surface area contributed by atoms with Crippen molar-refractivity contribution in [2.45, 2.75) is 6.42 Å². The van der Waals surface area contributed by atoms with E-state index in [1.54, 1.807) is 24.4 Å². The number of rotatable bonds is 6. The van der Waals surface area contributed by atoms with Crippen LogP contribution in [-0.4, -0.2) is 35.3 Å². The Bertz CT molecular complexity index is 1220. The average Bonchev–Trinajstić information content (AvgIpc) is 3.07. The molecule has 0 fully saturated rings. The molecule has 2 aromatic carbocycles. The van der Waals surface area contributed by atoms with Gasteiger partial charge in [-0.2, -0.15) is 0 Å². The van der Waals surface area contributed by atoms with E-state index in [4.69, 9.17) is 9.15 Å². The van der Waals surface area contributed by atoms with Crippen LogP contribution in [0.25, 0.3) is 33.5 Å². The van der Waals surface area contributed by atoms with Gasteiger partial charge in [0, 0.05) is 29.0 Å². The molecule has 0 spiro atoms. The van der Waals surface area contributed by atoms with Gasteiger partial charge in [-0.25, -0.2) is 13.4 Å². The molecule has 0 amide bonds. The second kappa shape index (κ2) is 8.59. The van der Waals surface area contributed by atoms with Crippen molar-refractivity contribution in [1.82, 2.24) is 9.97 Å². The molecule has 0 radical (unpaired) electrons. The Hall–Kier alpha value is -1.97. The van der Waals surface area contributed by atoms with Crippen molar-refractivity contribution in [3.05, 3.63) is 54.7 Å². The van der Waals surface area contributed by atoms with Gasteiger partial charge in [0.25, 0.3) is 0 Å². The van der Waals surface area contributed by atoms with Crippen LogP contribution in [-0.2, 0) is 10.1 Å². The number of hydrogen-bond donors (Lipinski definition) is 0. The number of nitrogens with zero attached hydrogens (tertiary/aromatic N) is 2. The van der Waals surface area contributed by atoms with Crippen LogP contribution in [0, 0.1) is 0 Å². The van der Waals surface area contributed by atoms with E-state index in [1.165, 1.54) is 0 Å².